The second-order valence-electron chi connectivity index (χ2n) is 9.32. The molecule has 0 saturated heterocycles. The Morgan fingerprint density at radius 3 is 2.55 bits per heavy atom. The molecular weight excluding hydrogens is 627 g/mol. The molecule has 3 aromatic carbocycles. The fourth-order valence-electron chi connectivity index (χ4n) is 4.33. The van der Waals surface area contributed by atoms with Gasteiger partial charge in [-0.2, -0.15) is 5.10 Å². The maximum atomic E-state index is 12.7. The highest BCUT2D eigenvalue weighted by molar-refractivity contribution is 7.80. The smallest absolute Gasteiger partial charge is 0.338 e. The molecule has 13 heteroatoms. The zero-order chi connectivity index (χ0) is 31.6. The molecule has 1 heterocycles. The number of benzene rings is 3. The zero-order valence-electron chi connectivity index (χ0n) is 24.1. The van der Waals surface area contributed by atoms with Crippen LogP contribution in [0.25, 0.3) is 0 Å². The molecule has 230 valence electrons. The summed E-state index contributed by atoms with van der Waals surface area (Å²) in [5.41, 5.74) is 5.32. The molecule has 3 aromatic rings. The maximum Gasteiger partial charge on any atom is 0.338 e. The summed E-state index contributed by atoms with van der Waals surface area (Å²) < 4.78 is 22.4. The van der Waals surface area contributed by atoms with Crippen LogP contribution in [-0.4, -0.2) is 43.5 Å². The number of thiocarbonyl (C=S) groups is 1. The lowest BCUT2D eigenvalue weighted by molar-refractivity contribution is -0.139. The predicted octanol–water partition coefficient (Wildman–Crippen LogP) is 5.47. The van der Waals surface area contributed by atoms with Gasteiger partial charge in [0.15, 0.2) is 23.2 Å². The van der Waals surface area contributed by atoms with Crippen molar-refractivity contribution >= 4 is 58.6 Å². The van der Waals surface area contributed by atoms with Crippen molar-refractivity contribution in [2.75, 3.05) is 20.3 Å². The highest BCUT2D eigenvalue weighted by Gasteiger charge is 2.32. The van der Waals surface area contributed by atoms with Crippen LogP contribution in [0.1, 0.15) is 36.6 Å². The predicted molar refractivity (Wildman–Crippen MR) is 172 cm³/mol. The Kier molecular flexibility index (Phi) is 11.4. The molecule has 1 aliphatic heterocycles. The average Bonchev–Trinajstić information content (AvgIpc) is 3.00. The molecule has 0 unspecified atom stereocenters. The van der Waals surface area contributed by atoms with E-state index < -0.39 is 17.9 Å². The van der Waals surface area contributed by atoms with Crippen LogP contribution in [-0.2, 0) is 20.9 Å². The molecule has 1 amide bonds. The number of carbonyl (C=O) groups is 2. The van der Waals surface area contributed by atoms with Crippen LogP contribution in [0.5, 0.6) is 17.2 Å². The summed E-state index contributed by atoms with van der Waals surface area (Å²) in [5, 5.41) is 11.3. The van der Waals surface area contributed by atoms with Crippen LogP contribution in [0.2, 0.25) is 10.0 Å². The van der Waals surface area contributed by atoms with E-state index in [1.165, 1.54) is 13.3 Å². The quantitative estimate of drug-likeness (QED) is 0.101. The van der Waals surface area contributed by atoms with Gasteiger partial charge in [-0.1, -0.05) is 59.6 Å². The number of rotatable bonds is 12. The fraction of sp³-hybridized carbons (Fsp3) is 0.226. The standard InChI is InChI=1S/C31H30Cl2N4O6S/c1-4-41-30(39)27-18(2)35-31(44)36-28(27)21-10-6-8-12-24(21)42-17-26(38)37-34-15-19-13-23(33)29(25(14-19)40-3)43-16-20-9-5-7-11-22(20)32/h5-15,28H,4,16-17H2,1-3H3,(H,37,38)(H2,35,36,44)/t28-/m1/s1. The SMILES string of the molecule is CCOC(=O)C1=C(C)NC(=S)N[C@@H]1c1ccccc1OCC(=O)NN=Cc1cc(Cl)c(OCc2ccccc2Cl)c(OC)c1. The number of amides is 1. The minimum Gasteiger partial charge on any atom is -0.493 e. The van der Waals surface area contributed by atoms with Crippen molar-refractivity contribution in [1.82, 2.24) is 16.1 Å². The summed E-state index contributed by atoms with van der Waals surface area (Å²) in [6.07, 6.45) is 1.41. The van der Waals surface area contributed by atoms with E-state index in [0.717, 1.165) is 5.56 Å². The summed E-state index contributed by atoms with van der Waals surface area (Å²) in [4.78, 5) is 25.3. The lowest BCUT2D eigenvalue weighted by Gasteiger charge is -2.30. The van der Waals surface area contributed by atoms with Gasteiger partial charge in [0.05, 0.1) is 36.6 Å². The van der Waals surface area contributed by atoms with Crippen LogP contribution in [0.15, 0.2) is 77.0 Å². The molecule has 0 aromatic heterocycles. The first-order valence-corrected chi connectivity index (χ1v) is 14.6. The molecule has 0 saturated carbocycles. The lowest BCUT2D eigenvalue weighted by atomic mass is 9.95. The number of allylic oxidation sites excluding steroid dienone is 1. The van der Waals surface area contributed by atoms with Crippen molar-refractivity contribution in [3.8, 4) is 17.2 Å². The van der Waals surface area contributed by atoms with Gasteiger partial charge >= 0.3 is 5.97 Å². The minimum atomic E-state index is -0.642. The molecule has 0 radical (unpaired) electrons. The van der Waals surface area contributed by atoms with Gasteiger partial charge in [0, 0.05) is 21.8 Å². The number of halogens is 2. The highest BCUT2D eigenvalue weighted by atomic mass is 35.5. The number of hydrazone groups is 1. The number of methoxy groups -OCH3 is 1. The second-order valence-corrected chi connectivity index (χ2v) is 10.5. The van der Waals surface area contributed by atoms with Gasteiger partial charge in [-0.25, -0.2) is 10.2 Å². The fourth-order valence-corrected chi connectivity index (χ4v) is 5.07. The number of esters is 1. The van der Waals surface area contributed by atoms with Gasteiger partial charge in [-0.3, -0.25) is 4.79 Å². The zero-order valence-corrected chi connectivity index (χ0v) is 26.4. The number of nitrogens with zero attached hydrogens (tertiary/aromatic N) is 1. The van der Waals surface area contributed by atoms with E-state index in [4.69, 9.17) is 54.4 Å². The van der Waals surface area contributed by atoms with Crippen molar-refractivity contribution in [2.24, 2.45) is 5.10 Å². The Morgan fingerprint density at radius 2 is 1.80 bits per heavy atom. The first kappa shape index (κ1) is 32.6. The van der Waals surface area contributed by atoms with Gasteiger partial charge in [0.1, 0.15) is 12.4 Å². The Morgan fingerprint density at radius 1 is 1.05 bits per heavy atom. The molecule has 44 heavy (non-hydrogen) atoms. The summed E-state index contributed by atoms with van der Waals surface area (Å²) >= 11 is 18.0. The van der Waals surface area contributed by atoms with Crippen molar-refractivity contribution < 1.29 is 28.5 Å². The van der Waals surface area contributed by atoms with Crippen molar-refractivity contribution in [2.45, 2.75) is 26.5 Å². The molecule has 3 N–H and O–H groups in total. The van der Waals surface area contributed by atoms with Crippen LogP contribution >= 0.6 is 35.4 Å². The van der Waals surface area contributed by atoms with E-state index in [9.17, 15) is 9.59 Å². The molecule has 10 nitrogen and oxygen atoms in total. The van der Waals surface area contributed by atoms with E-state index in [1.807, 2.05) is 18.2 Å². The largest absolute Gasteiger partial charge is 0.493 e. The van der Waals surface area contributed by atoms with E-state index in [0.29, 0.717) is 54.8 Å². The number of carbonyl (C=O) groups excluding carboxylic acids is 2. The van der Waals surface area contributed by atoms with E-state index >= 15 is 0 Å². The number of hydrogen-bond donors (Lipinski definition) is 3. The van der Waals surface area contributed by atoms with Gasteiger partial charge in [0.2, 0.25) is 0 Å². The molecule has 0 bridgehead atoms. The molecule has 0 aliphatic carbocycles. The summed E-state index contributed by atoms with van der Waals surface area (Å²) in [6.45, 7) is 3.54. The maximum absolute atomic E-state index is 12.7. The van der Waals surface area contributed by atoms with Crippen LogP contribution in [0.3, 0.4) is 0 Å². The van der Waals surface area contributed by atoms with Crippen LogP contribution < -0.4 is 30.3 Å². The molecular formula is C31H30Cl2N4O6S. The van der Waals surface area contributed by atoms with Crippen LogP contribution in [0, 0.1) is 0 Å². The minimum absolute atomic E-state index is 0.197. The van der Waals surface area contributed by atoms with E-state index in [-0.39, 0.29) is 19.8 Å². The number of para-hydroxylation sites is 1. The summed E-state index contributed by atoms with van der Waals surface area (Å²) in [5.74, 6) is 0.112. The Balaban J connectivity index is 1.40. The molecule has 1 aliphatic rings. The Bertz CT molecular complexity index is 1610. The molecule has 0 spiro atoms. The van der Waals surface area contributed by atoms with Crippen LogP contribution in [0.4, 0.5) is 0 Å². The van der Waals surface area contributed by atoms with Gasteiger partial charge < -0.3 is 29.6 Å². The van der Waals surface area contributed by atoms with Gasteiger partial charge in [0.25, 0.3) is 5.91 Å². The normalized spacial score (nSPS) is 14.5. The van der Waals surface area contributed by atoms with Crippen molar-refractivity contribution in [3.63, 3.8) is 0 Å². The van der Waals surface area contributed by atoms with Crippen molar-refractivity contribution in [1.29, 1.82) is 0 Å². The lowest BCUT2D eigenvalue weighted by Crippen LogP contribution is -2.45. The monoisotopic (exact) mass is 656 g/mol. The molecule has 0 fully saturated rings. The third-order valence-electron chi connectivity index (χ3n) is 6.34. The number of ether oxygens (including phenoxy) is 4. The molecule has 4 rings (SSSR count). The Hall–Kier alpha value is -4.32. The van der Waals surface area contributed by atoms with Gasteiger partial charge in [-0.05, 0) is 55.9 Å². The number of nitrogens with one attached hydrogen (secondary N) is 3. The summed E-state index contributed by atoms with van der Waals surface area (Å²) in [7, 11) is 1.49. The van der Waals surface area contributed by atoms with E-state index in [2.05, 4.69) is 21.2 Å². The number of hydrogen-bond acceptors (Lipinski definition) is 8. The van der Waals surface area contributed by atoms with Gasteiger partial charge in [-0.15, -0.1) is 0 Å². The Labute approximate surface area is 270 Å². The van der Waals surface area contributed by atoms with Crippen molar-refractivity contribution in [3.05, 3.63) is 98.7 Å². The van der Waals surface area contributed by atoms with E-state index in [1.54, 1.807) is 56.3 Å². The second kappa shape index (κ2) is 15.4. The summed E-state index contributed by atoms with van der Waals surface area (Å²) in [6, 6.07) is 17.0. The third kappa shape index (κ3) is 8.19. The topological polar surface area (TPSA) is 120 Å². The first-order valence-electron chi connectivity index (χ1n) is 13.4. The first-order chi connectivity index (χ1) is 21.2. The molecule has 1 atom stereocenters. The highest BCUT2D eigenvalue weighted by Crippen LogP contribution is 2.37. The third-order valence-corrected chi connectivity index (χ3v) is 7.21. The average molecular weight is 658 g/mol.